The zero-order valence-corrected chi connectivity index (χ0v) is 13.3. The van der Waals surface area contributed by atoms with Crippen LogP contribution in [-0.4, -0.2) is 6.29 Å². The summed E-state index contributed by atoms with van der Waals surface area (Å²) < 4.78 is 5.57. The summed E-state index contributed by atoms with van der Waals surface area (Å²) in [4.78, 5) is 13.1. The van der Waals surface area contributed by atoms with Crippen molar-refractivity contribution in [3.63, 3.8) is 0 Å². The molecule has 0 aliphatic rings. The van der Waals surface area contributed by atoms with Crippen LogP contribution in [0.4, 0.5) is 0 Å². The van der Waals surface area contributed by atoms with Gasteiger partial charge in [-0.2, -0.15) is 0 Å². The number of aryl methyl sites for hydroxylation is 2. The highest BCUT2D eigenvalue weighted by Gasteiger charge is 2.11. The SMILES string of the molecule is Cc1ccc(Sc2ccccc2-c2ccc(C=O)o2)c(C)c1. The minimum absolute atomic E-state index is 0.348. The predicted octanol–water partition coefficient (Wildman–Crippen LogP) is 5.53. The van der Waals surface area contributed by atoms with Gasteiger partial charge in [0.15, 0.2) is 12.0 Å². The Balaban J connectivity index is 1.99. The first kappa shape index (κ1) is 14.7. The quantitative estimate of drug-likeness (QED) is 0.594. The van der Waals surface area contributed by atoms with E-state index < -0.39 is 0 Å². The molecule has 3 heteroatoms. The van der Waals surface area contributed by atoms with Crippen molar-refractivity contribution in [3.05, 3.63) is 71.5 Å². The molecule has 0 N–H and O–H groups in total. The first-order valence-corrected chi connectivity index (χ1v) is 7.88. The monoisotopic (exact) mass is 308 g/mol. The van der Waals surface area contributed by atoms with Crippen LogP contribution in [0.3, 0.4) is 0 Å². The fourth-order valence-electron chi connectivity index (χ4n) is 2.35. The number of aldehydes is 1. The maximum atomic E-state index is 10.8. The lowest BCUT2D eigenvalue weighted by Gasteiger charge is -2.10. The standard InChI is InChI=1S/C19H16O2S/c1-13-7-10-18(14(2)11-13)22-19-6-4-3-5-16(19)17-9-8-15(12-20)21-17/h3-12H,1-2H3. The van der Waals surface area contributed by atoms with Crippen molar-refractivity contribution in [3.8, 4) is 11.3 Å². The lowest BCUT2D eigenvalue weighted by atomic mass is 10.2. The summed E-state index contributed by atoms with van der Waals surface area (Å²) >= 11 is 1.71. The topological polar surface area (TPSA) is 30.2 Å². The van der Waals surface area contributed by atoms with E-state index in [0.29, 0.717) is 5.76 Å². The minimum Gasteiger partial charge on any atom is -0.453 e. The van der Waals surface area contributed by atoms with Crippen LogP contribution in [0, 0.1) is 13.8 Å². The molecule has 110 valence electrons. The fraction of sp³-hybridized carbons (Fsp3) is 0.105. The Morgan fingerprint density at radius 3 is 2.50 bits per heavy atom. The summed E-state index contributed by atoms with van der Waals surface area (Å²) in [7, 11) is 0. The molecule has 0 atom stereocenters. The molecule has 0 fully saturated rings. The molecule has 0 aliphatic carbocycles. The van der Waals surface area contributed by atoms with E-state index in [1.807, 2.05) is 24.3 Å². The number of benzene rings is 2. The highest BCUT2D eigenvalue weighted by atomic mass is 32.2. The molecule has 0 radical (unpaired) electrons. The Bertz CT molecular complexity index is 818. The number of carbonyl (C=O) groups is 1. The van der Waals surface area contributed by atoms with Gasteiger partial charge in [0, 0.05) is 15.4 Å². The average Bonchev–Trinajstić information content (AvgIpc) is 2.99. The molecule has 1 heterocycles. The van der Waals surface area contributed by atoms with Crippen LogP contribution < -0.4 is 0 Å². The number of carbonyl (C=O) groups excluding carboxylic acids is 1. The third kappa shape index (κ3) is 3.00. The highest BCUT2D eigenvalue weighted by molar-refractivity contribution is 7.99. The summed E-state index contributed by atoms with van der Waals surface area (Å²) in [5.41, 5.74) is 3.52. The third-order valence-corrected chi connectivity index (χ3v) is 4.70. The van der Waals surface area contributed by atoms with E-state index in [-0.39, 0.29) is 0 Å². The van der Waals surface area contributed by atoms with Crippen LogP contribution in [0.1, 0.15) is 21.7 Å². The van der Waals surface area contributed by atoms with Gasteiger partial charge in [0.1, 0.15) is 5.76 Å². The van der Waals surface area contributed by atoms with Gasteiger partial charge in [-0.15, -0.1) is 0 Å². The van der Waals surface area contributed by atoms with Gasteiger partial charge in [-0.1, -0.05) is 47.7 Å². The van der Waals surface area contributed by atoms with E-state index in [4.69, 9.17) is 4.42 Å². The molecule has 1 aromatic heterocycles. The second kappa shape index (κ2) is 6.24. The molecule has 3 aromatic rings. The van der Waals surface area contributed by atoms with Gasteiger partial charge >= 0.3 is 0 Å². The Morgan fingerprint density at radius 2 is 1.77 bits per heavy atom. The van der Waals surface area contributed by atoms with Gasteiger partial charge in [-0.3, -0.25) is 4.79 Å². The Kier molecular flexibility index (Phi) is 4.16. The third-order valence-electron chi connectivity index (χ3n) is 3.45. The summed E-state index contributed by atoms with van der Waals surface area (Å²) in [5, 5.41) is 0. The van der Waals surface area contributed by atoms with Gasteiger partial charge in [0.25, 0.3) is 0 Å². The normalized spacial score (nSPS) is 10.6. The molecule has 0 spiro atoms. The van der Waals surface area contributed by atoms with E-state index in [2.05, 4.69) is 38.1 Å². The zero-order valence-electron chi connectivity index (χ0n) is 12.5. The van der Waals surface area contributed by atoms with E-state index in [1.54, 1.807) is 17.8 Å². The summed E-state index contributed by atoms with van der Waals surface area (Å²) in [6.07, 6.45) is 0.726. The molecule has 0 saturated heterocycles. The molecule has 3 rings (SSSR count). The van der Waals surface area contributed by atoms with Crippen LogP contribution in [0.5, 0.6) is 0 Å². The van der Waals surface area contributed by atoms with Crippen molar-refractivity contribution in [2.24, 2.45) is 0 Å². The van der Waals surface area contributed by atoms with Crippen LogP contribution in [-0.2, 0) is 0 Å². The Labute approximate surface area is 134 Å². The Hall–Kier alpha value is -2.26. The van der Waals surface area contributed by atoms with Crippen LogP contribution >= 0.6 is 11.8 Å². The molecule has 0 amide bonds. The molecule has 0 unspecified atom stereocenters. The first-order valence-electron chi connectivity index (χ1n) is 7.07. The summed E-state index contributed by atoms with van der Waals surface area (Å²) in [6.45, 7) is 4.22. The number of rotatable bonds is 4. The van der Waals surface area contributed by atoms with Crippen LogP contribution in [0.2, 0.25) is 0 Å². The van der Waals surface area contributed by atoms with E-state index in [9.17, 15) is 4.79 Å². The van der Waals surface area contributed by atoms with Crippen molar-refractivity contribution in [1.82, 2.24) is 0 Å². The lowest BCUT2D eigenvalue weighted by molar-refractivity contribution is 0.110. The first-order chi connectivity index (χ1) is 10.7. The number of hydrogen-bond acceptors (Lipinski definition) is 3. The summed E-state index contributed by atoms with van der Waals surface area (Å²) in [6, 6.07) is 18.1. The second-order valence-corrected chi connectivity index (χ2v) is 6.27. The molecule has 22 heavy (non-hydrogen) atoms. The fourth-order valence-corrected chi connectivity index (χ4v) is 3.37. The molecular weight excluding hydrogens is 292 g/mol. The van der Waals surface area contributed by atoms with E-state index in [0.717, 1.165) is 22.5 Å². The van der Waals surface area contributed by atoms with Crippen molar-refractivity contribution in [2.75, 3.05) is 0 Å². The van der Waals surface area contributed by atoms with Crippen molar-refractivity contribution < 1.29 is 9.21 Å². The molecule has 2 nitrogen and oxygen atoms in total. The highest BCUT2D eigenvalue weighted by Crippen LogP contribution is 2.37. The van der Waals surface area contributed by atoms with Gasteiger partial charge < -0.3 is 4.42 Å². The van der Waals surface area contributed by atoms with Gasteiger partial charge in [-0.05, 0) is 43.7 Å². The van der Waals surface area contributed by atoms with Crippen molar-refractivity contribution in [1.29, 1.82) is 0 Å². The van der Waals surface area contributed by atoms with Crippen molar-refractivity contribution >= 4 is 18.0 Å². The molecule has 2 aromatic carbocycles. The molecule has 0 bridgehead atoms. The minimum atomic E-state index is 0.348. The summed E-state index contributed by atoms with van der Waals surface area (Å²) in [5.74, 6) is 1.07. The van der Waals surface area contributed by atoms with Crippen LogP contribution in [0.15, 0.2) is 68.8 Å². The maximum absolute atomic E-state index is 10.8. The van der Waals surface area contributed by atoms with E-state index in [1.165, 1.54) is 16.0 Å². The molecule has 0 aliphatic heterocycles. The number of furan rings is 1. The van der Waals surface area contributed by atoms with Gasteiger partial charge in [-0.25, -0.2) is 0 Å². The smallest absolute Gasteiger partial charge is 0.185 e. The lowest BCUT2D eigenvalue weighted by Crippen LogP contribution is -1.84. The second-order valence-electron chi connectivity index (χ2n) is 5.19. The predicted molar refractivity (Wildman–Crippen MR) is 89.6 cm³/mol. The van der Waals surface area contributed by atoms with Crippen LogP contribution in [0.25, 0.3) is 11.3 Å². The van der Waals surface area contributed by atoms with Crippen molar-refractivity contribution in [2.45, 2.75) is 23.6 Å². The average molecular weight is 308 g/mol. The Morgan fingerprint density at radius 1 is 0.955 bits per heavy atom. The molecular formula is C19H16O2S. The van der Waals surface area contributed by atoms with Gasteiger partial charge in [0.05, 0.1) is 0 Å². The largest absolute Gasteiger partial charge is 0.453 e. The molecule has 0 saturated carbocycles. The number of hydrogen-bond donors (Lipinski definition) is 0. The maximum Gasteiger partial charge on any atom is 0.185 e. The zero-order chi connectivity index (χ0) is 15.5. The van der Waals surface area contributed by atoms with E-state index >= 15 is 0 Å². The van der Waals surface area contributed by atoms with Gasteiger partial charge in [0.2, 0.25) is 0 Å².